The minimum atomic E-state index is -0.832. The summed E-state index contributed by atoms with van der Waals surface area (Å²) in [7, 11) is 0. The summed E-state index contributed by atoms with van der Waals surface area (Å²) < 4.78 is 0. The third kappa shape index (κ3) is 2.59. The zero-order chi connectivity index (χ0) is 21.1. The Balaban J connectivity index is 1.67. The van der Waals surface area contributed by atoms with Crippen molar-refractivity contribution in [3.63, 3.8) is 0 Å². The van der Waals surface area contributed by atoms with Crippen LogP contribution in [0.15, 0.2) is 54.6 Å². The van der Waals surface area contributed by atoms with Gasteiger partial charge in [0.25, 0.3) is 0 Å². The van der Waals surface area contributed by atoms with E-state index in [1.165, 1.54) is 0 Å². The molecule has 6 heteroatoms. The normalized spacial score (nSPS) is 23.4. The quantitative estimate of drug-likeness (QED) is 0.675. The Labute approximate surface area is 176 Å². The summed E-state index contributed by atoms with van der Waals surface area (Å²) in [6.07, 6.45) is -0.0136. The van der Waals surface area contributed by atoms with Crippen molar-refractivity contribution in [2.45, 2.75) is 38.8 Å². The molecule has 1 aromatic heterocycles. The van der Waals surface area contributed by atoms with E-state index in [0.717, 1.165) is 34.3 Å². The Morgan fingerprint density at radius 3 is 2.37 bits per heavy atom. The van der Waals surface area contributed by atoms with Gasteiger partial charge < -0.3 is 14.9 Å². The van der Waals surface area contributed by atoms with Crippen molar-refractivity contribution in [3.05, 3.63) is 54.6 Å². The highest BCUT2D eigenvalue weighted by atomic mass is 16.4. The number of fused-ring (bicyclic) bond motifs is 3. The van der Waals surface area contributed by atoms with Gasteiger partial charge in [0.15, 0.2) is 5.82 Å². The molecule has 3 aromatic rings. The Hall–Kier alpha value is -3.15. The summed E-state index contributed by atoms with van der Waals surface area (Å²) in [5.41, 5.74) is 1.49. The highest BCUT2D eigenvalue weighted by molar-refractivity contribution is 6.00. The Kier molecular flexibility index (Phi) is 4.04. The predicted octanol–water partition coefficient (Wildman–Crippen LogP) is 4.65. The van der Waals surface area contributed by atoms with Gasteiger partial charge in [-0.1, -0.05) is 75.4 Å². The van der Waals surface area contributed by atoms with Crippen LogP contribution in [0.2, 0.25) is 0 Å². The van der Waals surface area contributed by atoms with Gasteiger partial charge in [-0.15, -0.1) is 10.2 Å². The second kappa shape index (κ2) is 6.42. The summed E-state index contributed by atoms with van der Waals surface area (Å²) in [6.45, 7) is 7.73. The van der Waals surface area contributed by atoms with Crippen LogP contribution >= 0.6 is 0 Å². The van der Waals surface area contributed by atoms with Crippen molar-refractivity contribution in [1.29, 1.82) is 0 Å². The molecule has 2 aromatic carbocycles. The molecule has 1 unspecified atom stereocenters. The molecule has 2 aliphatic heterocycles. The smallest absolute Gasteiger partial charge is 0.407 e. The molecule has 1 N–H and O–H groups in total. The fourth-order valence-electron chi connectivity index (χ4n) is 5.28. The summed E-state index contributed by atoms with van der Waals surface area (Å²) in [5.74, 6) is 0.854. The summed E-state index contributed by atoms with van der Waals surface area (Å²) >= 11 is 0. The number of amides is 1. The monoisotopic (exact) mass is 402 g/mol. The molecule has 0 spiro atoms. The third-order valence-electron chi connectivity index (χ3n) is 6.97. The second-order valence-corrected chi connectivity index (χ2v) is 9.44. The first kappa shape index (κ1) is 18.9. The first-order valence-corrected chi connectivity index (χ1v) is 10.4. The number of likely N-dealkylation sites (tertiary alicyclic amines) is 1. The van der Waals surface area contributed by atoms with E-state index in [0.29, 0.717) is 13.1 Å². The summed E-state index contributed by atoms with van der Waals surface area (Å²) in [6, 6.07) is 18.4. The van der Waals surface area contributed by atoms with Crippen molar-refractivity contribution in [3.8, 4) is 11.3 Å². The SMILES string of the molecule is CC(C)(C)C12C[C@@H](CN1c1nnc(-c3ccccc3)c3ccccc13)N(C(=O)O)C2. The van der Waals surface area contributed by atoms with Gasteiger partial charge in [0.2, 0.25) is 0 Å². The standard InChI is InChI=1S/C24H26N4O2/c1-23(2,3)24-13-17(27(15-24)22(29)30)14-28(24)21-19-12-8-7-11-18(19)20(25-26-21)16-9-5-4-6-10-16/h4-12,17H,13-15H2,1-3H3,(H,29,30)/t17-,24?/m0/s1. The van der Waals surface area contributed by atoms with Crippen molar-refractivity contribution in [2.75, 3.05) is 18.0 Å². The predicted molar refractivity (Wildman–Crippen MR) is 118 cm³/mol. The van der Waals surface area contributed by atoms with Crippen LogP contribution < -0.4 is 4.90 Å². The van der Waals surface area contributed by atoms with Crippen LogP contribution in [-0.2, 0) is 0 Å². The van der Waals surface area contributed by atoms with Gasteiger partial charge in [0.05, 0.1) is 11.6 Å². The zero-order valence-corrected chi connectivity index (χ0v) is 17.5. The van der Waals surface area contributed by atoms with Gasteiger partial charge in [-0.25, -0.2) is 4.79 Å². The van der Waals surface area contributed by atoms with Crippen LogP contribution in [0.1, 0.15) is 27.2 Å². The minimum absolute atomic E-state index is 0.0175. The number of piperazine rings is 1. The number of hydrogen-bond donors (Lipinski definition) is 1. The van der Waals surface area contributed by atoms with Crippen LogP contribution in [-0.4, -0.2) is 51.0 Å². The Bertz CT molecular complexity index is 1130. The molecule has 1 amide bonds. The number of nitrogens with zero attached hydrogens (tertiary/aromatic N) is 4. The molecule has 2 saturated heterocycles. The topological polar surface area (TPSA) is 69.6 Å². The van der Waals surface area contributed by atoms with E-state index in [2.05, 4.69) is 55.0 Å². The second-order valence-electron chi connectivity index (χ2n) is 9.44. The third-order valence-corrected chi connectivity index (χ3v) is 6.97. The molecule has 2 fully saturated rings. The highest BCUT2D eigenvalue weighted by Crippen LogP contribution is 2.52. The van der Waals surface area contributed by atoms with Crippen molar-refractivity contribution >= 4 is 22.7 Å². The molecule has 0 saturated carbocycles. The molecular formula is C24H26N4O2. The Morgan fingerprint density at radius 2 is 1.70 bits per heavy atom. The molecule has 154 valence electrons. The molecule has 0 aliphatic carbocycles. The van der Waals surface area contributed by atoms with Crippen molar-refractivity contribution in [1.82, 2.24) is 15.1 Å². The summed E-state index contributed by atoms with van der Waals surface area (Å²) in [4.78, 5) is 15.7. The number of carboxylic acid groups (broad SMARTS) is 1. The van der Waals surface area contributed by atoms with Gasteiger partial charge >= 0.3 is 6.09 Å². The molecule has 3 heterocycles. The van der Waals surface area contributed by atoms with E-state index in [9.17, 15) is 9.90 Å². The van der Waals surface area contributed by atoms with Crippen molar-refractivity contribution < 1.29 is 9.90 Å². The van der Waals surface area contributed by atoms with E-state index in [-0.39, 0.29) is 17.0 Å². The fourth-order valence-corrected chi connectivity index (χ4v) is 5.28. The molecule has 2 aliphatic rings. The lowest BCUT2D eigenvalue weighted by Crippen LogP contribution is -2.61. The van der Waals surface area contributed by atoms with Crippen LogP contribution in [0.25, 0.3) is 22.0 Å². The number of hydrogen-bond acceptors (Lipinski definition) is 4. The maximum Gasteiger partial charge on any atom is 0.407 e. The first-order chi connectivity index (χ1) is 14.3. The maximum absolute atomic E-state index is 11.8. The zero-order valence-electron chi connectivity index (χ0n) is 17.5. The van der Waals surface area contributed by atoms with Gasteiger partial charge in [0, 0.05) is 29.4 Å². The molecule has 30 heavy (non-hydrogen) atoms. The van der Waals surface area contributed by atoms with Crippen LogP contribution in [0.5, 0.6) is 0 Å². The van der Waals surface area contributed by atoms with Gasteiger partial charge in [-0.3, -0.25) is 0 Å². The van der Waals surface area contributed by atoms with E-state index in [4.69, 9.17) is 5.10 Å². The molecular weight excluding hydrogens is 376 g/mol. The minimum Gasteiger partial charge on any atom is -0.465 e. The molecule has 0 radical (unpaired) electrons. The van der Waals surface area contributed by atoms with Crippen LogP contribution in [0.3, 0.4) is 0 Å². The molecule has 5 rings (SSSR count). The number of rotatable bonds is 2. The first-order valence-electron chi connectivity index (χ1n) is 10.4. The lowest BCUT2D eigenvalue weighted by molar-refractivity contribution is 0.116. The van der Waals surface area contributed by atoms with E-state index >= 15 is 0 Å². The number of carbonyl (C=O) groups is 1. The van der Waals surface area contributed by atoms with Gasteiger partial charge in [-0.05, 0) is 11.8 Å². The molecule has 2 atom stereocenters. The number of aromatic nitrogens is 2. The number of benzene rings is 2. The van der Waals surface area contributed by atoms with Gasteiger partial charge in [0.1, 0.15) is 5.69 Å². The van der Waals surface area contributed by atoms with E-state index in [1.54, 1.807) is 4.90 Å². The fraction of sp³-hybridized carbons (Fsp3) is 0.375. The summed E-state index contributed by atoms with van der Waals surface area (Å²) in [5, 5.41) is 21.2. The van der Waals surface area contributed by atoms with E-state index < -0.39 is 6.09 Å². The van der Waals surface area contributed by atoms with Crippen LogP contribution in [0, 0.1) is 5.41 Å². The average molecular weight is 402 g/mol. The van der Waals surface area contributed by atoms with Crippen LogP contribution in [0.4, 0.5) is 10.6 Å². The Morgan fingerprint density at radius 1 is 1.03 bits per heavy atom. The largest absolute Gasteiger partial charge is 0.465 e. The highest BCUT2D eigenvalue weighted by Gasteiger charge is 2.61. The lowest BCUT2D eigenvalue weighted by Gasteiger charge is -2.49. The van der Waals surface area contributed by atoms with Crippen molar-refractivity contribution in [2.24, 2.45) is 5.41 Å². The average Bonchev–Trinajstić information content (AvgIpc) is 3.31. The van der Waals surface area contributed by atoms with Gasteiger partial charge in [-0.2, -0.15) is 0 Å². The number of anilines is 1. The molecule has 2 bridgehead atoms. The maximum atomic E-state index is 11.8. The van der Waals surface area contributed by atoms with E-state index in [1.807, 2.05) is 30.3 Å². The molecule has 6 nitrogen and oxygen atoms in total. The lowest BCUT2D eigenvalue weighted by atomic mass is 9.72.